The molecule has 0 spiro atoms. The number of guanidine groups is 1. The number of benzene rings is 1. The van der Waals surface area contributed by atoms with Crippen LogP contribution in [0.1, 0.15) is 0 Å². The van der Waals surface area contributed by atoms with Gasteiger partial charge < -0.3 is 11.5 Å². The third kappa shape index (κ3) is 2.04. The number of halogens is 5. The van der Waals surface area contributed by atoms with Gasteiger partial charge in [0, 0.05) is 0 Å². The van der Waals surface area contributed by atoms with Gasteiger partial charge in [0.1, 0.15) is 5.69 Å². The van der Waals surface area contributed by atoms with E-state index in [-0.39, 0.29) is 0 Å². The van der Waals surface area contributed by atoms with Crippen molar-refractivity contribution in [3.8, 4) is 0 Å². The molecule has 0 fully saturated rings. The zero-order valence-electron chi connectivity index (χ0n) is 6.99. The molecule has 0 saturated heterocycles. The predicted molar refractivity (Wildman–Crippen MR) is 49.4 cm³/mol. The zero-order chi connectivity index (χ0) is 11.7. The van der Waals surface area contributed by atoms with Gasteiger partial charge in [-0.2, -0.15) is 0 Å². The SMILES string of the molecule is NC(N)=Nc1c(F)c(F)c(Br)c(F)c1F. The lowest BCUT2D eigenvalue weighted by atomic mass is 10.2. The molecule has 0 saturated carbocycles. The number of nitrogens with zero attached hydrogens (tertiary/aromatic N) is 1. The van der Waals surface area contributed by atoms with Crippen LogP contribution in [0.5, 0.6) is 0 Å². The molecule has 1 rings (SSSR count). The Morgan fingerprint density at radius 2 is 1.33 bits per heavy atom. The summed E-state index contributed by atoms with van der Waals surface area (Å²) in [5, 5.41) is 0. The van der Waals surface area contributed by atoms with Crippen molar-refractivity contribution in [1.29, 1.82) is 0 Å². The van der Waals surface area contributed by atoms with E-state index in [1.807, 2.05) is 0 Å². The van der Waals surface area contributed by atoms with Crippen LogP contribution in [0.4, 0.5) is 23.2 Å². The van der Waals surface area contributed by atoms with Crippen molar-refractivity contribution >= 4 is 27.6 Å². The minimum atomic E-state index is -1.67. The van der Waals surface area contributed by atoms with Gasteiger partial charge in [0.25, 0.3) is 0 Å². The third-order valence-corrected chi connectivity index (χ3v) is 2.12. The molecule has 0 atom stereocenters. The Labute approximate surface area is 89.9 Å². The number of hydrogen-bond acceptors (Lipinski definition) is 1. The molecule has 15 heavy (non-hydrogen) atoms. The normalized spacial score (nSPS) is 10.2. The van der Waals surface area contributed by atoms with E-state index in [1.54, 1.807) is 0 Å². The Kier molecular flexibility index (Phi) is 3.18. The Bertz CT molecular complexity index is 413. The van der Waals surface area contributed by atoms with Gasteiger partial charge in [-0.15, -0.1) is 0 Å². The molecule has 0 unspecified atom stereocenters. The van der Waals surface area contributed by atoms with Crippen molar-refractivity contribution in [2.24, 2.45) is 16.5 Å². The van der Waals surface area contributed by atoms with Crippen LogP contribution in [-0.2, 0) is 0 Å². The van der Waals surface area contributed by atoms with Crippen LogP contribution in [-0.4, -0.2) is 5.96 Å². The second kappa shape index (κ2) is 4.05. The molecule has 0 aliphatic rings. The first kappa shape index (κ1) is 11.8. The first-order valence-corrected chi connectivity index (χ1v) is 4.26. The van der Waals surface area contributed by atoms with Gasteiger partial charge >= 0.3 is 0 Å². The van der Waals surface area contributed by atoms with Gasteiger partial charge in [-0.05, 0) is 15.9 Å². The third-order valence-electron chi connectivity index (χ3n) is 1.43. The van der Waals surface area contributed by atoms with E-state index in [0.717, 1.165) is 0 Å². The first-order chi connectivity index (χ1) is 6.86. The minimum absolute atomic E-state index is 0.714. The highest BCUT2D eigenvalue weighted by molar-refractivity contribution is 9.10. The van der Waals surface area contributed by atoms with Crippen LogP contribution in [0.3, 0.4) is 0 Å². The van der Waals surface area contributed by atoms with Crippen molar-refractivity contribution in [2.75, 3.05) is 0 Å². The van der Waals surface area contributed by atoms with Crippen molar-refractivity contribution in [3.63, 3.8) is 0 Å². The molecule has 82 valence electrons. The summed E-state index contributed by atoms with van der Waals surface area (Å²) < 4.78 is 50.9. The van der Waals surface area contributed by atoms with Crippen molar-refractivity contribution < 1.29 is 17.6 Å². The fraction of sp³-hybridized carbons (Fsp3) is 0. The molecule has 0 heterocycles. The van der Waals surface area contributed by atoms with Crippen molar-refractivity contribution in [3.05, 3.63) is 27.7 Å². The lowest BCUT2D eigenvalue weighted by Gasteiger charge is -2.04. The molecule has 4 N–H and O–H groups in total. The van der Waals surface area contributed by atoms with E-state index in [2.05, 4.69) is 20.9 Å². The Hall–Kier alpha value is -1.31. The van der Waals surface area contributed by atoms with E-state index in [1.165, 1.54) is 0 Å². The summed E-state index contributed by atoms with van der Waals surface area (Å²) in [6.45, 7) is 0. The number of rotatable bonds is 1. The van der Waals surface area contributed by atoms with Crippen LogP contribution >= 0.6 is 15.9 Å². The molecule has 0 aliphatic carbocycles. The Morgan fingerprint density at radius 3 is 1.67 bits per heavy atom. The Balaban J connectivity index is 3.60. The second-order valence-electron chi connectivity index (χ2n) is 2.46. The smallest absolute Gasteiger partial charge is 0.191 e. The van der Waals surface area contributed by atoms with Crippen molar-refractivity contribution in [1.82, 2.24) is 0 Å². The molecular formula is C7H4BrF4N3. The van der Waals surface area contributed by atoms with Crippen LogP contribution in [0.15, 0.2) is 9.47 Å². The quantitative estimate of drug-likeness (QED) is 0.272. The zero-order valence-corrected chi connectivity index (χ0v) is 8.58. The average Bonchev–Trinajstić information content (AvgIpc) is 2.18. The van der Waals surface area contributed by atoms with Crippen LogP contribution in [0.25, 0.3) is 0 Å². The van der Waals surface area contributed by atoms with E-state index in [9.17, 15) is 17.6 Å². The molecule has 0 amide bonds. The van der Waals surface area contributed by atoms with Crippen LogP contribution in [0, 0.1) is 23.3 Å². The molecule has 0 aliphatic heterocycles. The summed E-state index contributed by atoms with van der Waals surface area (Å²) >= 11 is 2.34. The predicted octanol–water partition coefficient (Wildman–Crippen LogP) is 1.91. The molecule has 1 aromatic carbocycles. The van der Waals surface area contributed by atoms with E-state index in [0.29, 0.717) is 0 Å². The summed E-state index contributed by atoms with van der Waals surface area (Å²) in [4.78, 5) is 2.94. The fourth-order valence-corrected chi connectivity index (χ4v) is 1.17. The molecule has 0 bridgehead atoms. The molecule has 3 nitrogen and oxygen atoms in total. The summed E-state index contributed by atoms with van der Waals surface area (Å²) in [5.74, 6) is -7.26. The molecule has 0 aromatic heterocycles. The van der Waals surface area contributed by atoms with Crippen LogP contribution < -0.4 is 11.5 Å². The first-order valence-electron chi connectivity index (χ1n) is 3.47. The summed E-state index contributed by atoms with van der Waals surface area (Å²) in [5.41, 5.74) is 8.48. The number of aliphatic imine (C=N–C) groups is 1. The summed E-state index contributed by atoms with van der Waals surface area (Å²) in [6.07, 6.45) is 0. The Morgan fingerprint density at radius 1 is 0.933 bits per heavy atom. The van der Waals surface area contributed by atoms with Gasteiger partial charge in [-0.3, -0.25) is 0 Å². The highest BCUT2D eigenvalue weighted by Crippen LogP contribution is 2.32. The van der Waals surface area contributed by atoms with Gasteiger partial charge in [-0.25, -0.2) is 22.6 Å². The lowest BCUT2D eigenvalue weighted by molar-refractivity contribution is 0.450. The fourth-order valence-electron chi connectivity index (χ4n) is 0.821. The highest BCUT2D eigenvalue weighted by Gasteiger charge is 2.23. The van der Waals surface area contributed by atoms with E-state index >= 15 is 0 Å². The molecule has 1 aromatic rings. The maximum absolute atomic E-state index is 13.0. The van der Waals surface area contributed by atoms with Crippen LogP contribution in [0.2, 0.25) is 0 Å². The summed E-state index contributed by atoms with van der Waals surface area (Å²) in [7, 11) is 0. The number of hydrogen-bond donors (Lipinski definition) is 2. The van der Waals surface area contributed by atoms with Gasteiger partial charge in [0.15, 0.2) is 29.2 Å². The standard InChI is InChI=1S/C7H4BrF4N3/c8-1-2(9)4(11)6(15-7(13)14)5(12)3(1)10/h(H4,13,14,15). The molecule has 0 radical (unpaired) electrons. The van der Waals surface area contributed by atoms with Gasteiger partial charge in [0.05, 0.1) is 4.47 Å². The van der Waals surface area contributed by atoms with Crippen molar-refractivity contribution in [2.45, 2.75) is 0 Å². The minimum Gasteiger partial charge on any atom is -0.370 e. The van der Waals surface area contributed by atoms with Gasteiger partial charge in [-0.1, -0.05) is 0 Å². The maximum atomic E-state index is 13.0. The maximum Gasteiger partial charge on any atom is 0.191 e. The van der Waals surface area contributed by atoms with E-state index < -0.39 is 39.4 Å². The average molecular weight is 286 g/mol. The molecular weight excluding hydrogens is 282 g/mol. The number of nitrogens with two attached hydrogens (primary N) is 2. The molecule has 8 heteroatoms. The second-order valence-corrected chi connectivity index (χ2v) is 3.25. The highest BCUT2D eigenvalue weighted by atomic mass is 79.9. The van der Waals surface area contributed by atoms with E-state index in [4.69, 9.17) is 11.5 Å². The largest absolute Gasteiger partial charge is 0.370 e. The monoisotopic (exact) mass is 285 g/mol. The summed E-state index contributed by atoms with van der Waals surface area (Å²) in [6, 6.07) is 0. The van der Waals surface area contributed by atoms with Gasteiger partial charge in [0.2, 0.25) is 0 Å². The lowest BCUT2D eigenvalue weighted by Crippen LogP contribution is -2.22. The topological polar surface area (TPSA) is 64.4 Å².